The Bertz CT molecular complexity index is 1480. The van der Waals surface area contributed by atoms with Gasteiger partial charge in [-0.2, -0.15) is 0 Å². The lowest BCUT2D eigenvalue weighted by Crippen LogP contribution is -2.23. The molecule has 158 valence electrons. The Morgan fingerprint density at radius 3 is 2.25 bits per heavy atom. The van der Waals surface area contributed by atoms with Crippen LogP contribution in [0.4, 0.5) is 0 Å². The molecule has 0 saturated carbocycles. The molecule has 0 spiro atoms. The lowest BCUT2D eigenvalue weighted by Gasteiger charge is -2.08. The quantitative estimate of drug-likeness (QED) is 0.335. The second kappa shape index (κ2) is 8.67. The lowest BCUT2D eigenvalue weighted by atomic mass is 10.1. The van der Waals surface area contributed by atoms with E-state index in [0.717, 1.165) is 38.2 Å². The van der Waals surface area contributed by atoms with Crippen LogP contribution in [-0.2, 0) is 16.6 Å². The maximum absolute atomic E-state index is 12.8. The number of fused-ring (bicyclic) bond motifs is 1. The maximum Gasteiger partial charge on any atom is 0.240 e. The van der Waals surface area contributed by atoms with Crippen LogP contribution in [-0.4, -0.2) is 13.4 Å². The van der Waals surface area contributed by atoms with E-state index in [1.807, 2.05) is 84.9 Å². The predicted octanol–water partition coefficient (Wildman–Crippen LogP) is 6.11. The highest BCUT2D eigenvalue weighted by molar-refractivity contribution is 7.89. The van der Waals surface area contributed by atoms with E-state index in [1.54, 1.807) is 23.5 Å². The summed E-state index contributed by atoms with van der Waals surface area (Å²) >= 11 is 1.60. The molecule has 0 atom stereocenters. The second-order valence-electron chi connectivity index (χ2n) is 7.43. The third kappa shape index (κ3) is 4.34. The third-order valence-corrected chi connectivity index (χ3v) is 7.56. The minimum absolute atomic E-state index is 0.225. The molecule has 6 heteroatoms. The van der Waals surface area contributed by atoms with Crippen LogP contribution in [0.15, 0.2) is 107 Å². The Hall–Kier alpha value is -3.32. The predicted molar refractivity (Wildman–Crippen MR) is 131 cm³/mol. The van der Waals surface area contributed by atoms with E-state index in [1.165, 1.54) is 0 Å². The van der Waals surface area contributed by atoms with E-state index in [9.17, 15) is 8.42 Å². The van der Waals surface area contributed by atoms with Crippen LogP contribution in [0.5, 0.6) is 0 Å². The first-order valence-corrected chi connectivity index (χ1v) is 12.5. The second-order valence-corrected chi connectivity index (χ2v) is 10.1. The molecule has 4 aromatic carbocycles. The smallest absolute Gasteiger partial charge is 0.236 e. The molecule has 0 bridgehead atoms. The molecule has 5 rings (SSSR count). The largest absolute Gasteiger partial charge is 0.240 e. The lowest BCUT2D eigenvalue weighted by molar-refractivity contribution is 0.581. The number of aromatic nitrogens is 1. The van der Waals surface area contributed by atoms with Gasteiger partial charge in [-0.05, 0) is 28.5 Å². The Labute approximate surface area is 191 Å². The zero-order valence-corrected chi connectivity index (χ0v) is 18.7. The van der Waals surface area contributed by atoms with Crippen molar-refractivity contribution in [1.29, 1.82) is 0 Å². The Morgan fingerprint density at radius 1 is 0.750 bits per heavy atom. The molecule has 0 aliphatic carbocycles. The van der Waals surface area contributed by atoms with E-state index in [4.69, 9.17) is 4.98 Å². The van der Waals surface area contributed by atoms with Gasteiger partial charge in [-0.3, -0.25) is 0 Å². The van der Waals surface area contributed by atoms with Gasteiger partial charge in [0.2, 0.25) is 10.0 Å². The highest BCUT2D eigenvalue weighted by Gasteiger charge is 2.14. The van der Waals surface area contributed by atoms with E-state index in [0.29, 0.717) is 0 Å². The SMILES string of the molecule is O=S(=O)(NCc1ccc(-c2nc(-c3ccccc3)cs2)cc1)c1ccc2ccccc2c1. The zero-order valence-electron chi connectivity index (χ0n) is 17.1. The average Bonchev–Trinajstić information content (AvgIpc) is 3.34. The molecule has 0 saturated heterocycles. The molecule has 0 unspecified atom stereocenters. The first kappa shape index (κ1) is 20.6. The van der Waals surface area contributed by atoms with E-state index in [2.05, 4.69) is 10.1 Å². The summed E-state index contributed by atoms with van der Waals surface area (Å²) in [5.74, 6) is 0. The molecular weight excluding hydrogens is 436 g/mol. The first-order chi connectivity index (χ1) is 15.6. The van der Waals surface area contributed by atoms with Crippen molar-refractivity contribution in [3.63, 3.8) is 0 Å². The molecule has 32 heavy (non-hydrogen) atoms. The minimum Gasteiger partial charge on any atom is -0.236 e. The summed E-state index contributed by atoms with van der Waals surface area (Å²) in [5, 5.41) is 4.90. The van der Waals surface area contributed by atoms with E-state index in [-0.39, 0.29) is 11.4 Å². The van der Waals surface area contributed by atoms with Gasteiger partial charge in [0.1, 0.15) is 5.01 Å². The molecule has 1 N–H and O–H groups in total. The number of nitrogens with zero attached hydrogens (tertiary/aromatic N) is 1. The van der Waals surface area contributed by atoms with Gasteiger partial charge in [0.25, 0.3) is 0 Å². The number of hydrogen-bond donors (Lipinski definition) is 1. The molecule has 0 radical (unpaired) electrons. The fraction of sp³-hybridized carbons (Fsp3) is 0.0385. The summed E-state index contributed by atoms with van der Waals surface area (Å²) in [6.07, 6.45) is 0. The van der Waals surface area contributed by atoms with Crippen molar-refractivity contribution in [3.8, 4) is 21.8 Å². The summed E-state index contributed by atoms with van der Waals surface area (Å²) in [6, 6.07) is 30.8. The molecule has 0 amide bonds. The van der Waals surface area contributed by atoms with Crippen LogP contribution in [0.1, 0.15) is 5.56 Å². The summed E-state index contributed by atoms with van der Waals surface area (Å²) in [4.78, 5) is 5.00. The Balaban J connectivity index is 1.29. The van der Waals surface area contributed by atoms with Crippen molar-refractivity contribution in [3.05, 3.63) is 108 Å². The van der Waals surface area contributed by atoms with Crippen LogP contribution in [0.2, 0.25) is 0 Å². The van der Waals surface area contributed by atoms with Gasteiger partial charge < -0.3 is 0 Å². The minimum atomic E-state index is -3.60. The van der Waals surface area contributed by atoms with Crippen molar-refractivity contribution >= 4 is 32.1 Å². The van der Waals surface area contributed by atoms with Crippen LogP contribution in [0.3, 0.4) is 0 Å². The van der Waals surface area contributed by atoms with Crippen molar-refractivity contribution in [2.24, 2.45) is 0 Å². The number of thiazole rings is 1. The molecule has 5 aromatic rings. The van der Waals surface area contributed by atoms with Gasteiger partial charge >= 0.3 is 0 Å². The van der Waals surface area contributed by atoms with Gasteiger partial charge in [-0.1, -0.05) is 84.9 Å². The number of benzene rings is 4. The Kier molecular flexibility index (Phi) is 5.57. The van der Waals surface area contributed by atoms with Gasteiger partial charge in [0, 0.05) is 23.1 Å². The van der Waals surface area contributed by atoms with Crippen LogP contribution in [0, 0.1) is 0 Å². The molecule has 1 heterocycles. The van der Waals surface area contributed by atoms with E-state index < -0.39 is 10.0 Å². The third-order valence-electron chi connectivity index (χ3n) is 5.27. The molecule has 0 aliphatic rings. The topological polar surface area (TPSA) is 59.1 Å². The van der Waals surface area contributed by atoms with Gasteiger partial charge in [0.15, 0.2) is 0 Å². The summed E-state index contributed by atoms with van der Waals surface area (Å²) < 4.78 is 28.2. The van der Waals surface area contributed by atoms with Gasteiger partial charge in [-0.15, -0.1) is 11.3 Å². The van der Waals surface area contributed by atoms with Crippen molar-refractivity contribution in [2.45, 2.75) is 11.4 Å². The summed E-state index contributed by atoms with van der Waals surface area (Å²) in [5.41, 5.74) is 3.95. The van der Waals surface area contributed by atoms with Crippen molar-refractivity contribution in [1.82, 2.24) is 9.71 Å². The molecular formula is C26H20N2O2S2. The fourth-order valence-corrected chi connectivity index (χ4v) is 5.40. The molecule has 1 aromatic heterocycles. The normalized spacial score (nSPS) is 11.6. The highest BCUT2D eigenvalue weighted by Crippen LogP contribution is 2.29. The van der Waals surface area contributed by atoms with E-state index >= 15 is 0 Å². The number of rotatable bonds is 6. The summed E-state index contributed by atoms with van der Waals surface area (Å²) in [6.45, 7) is 0.225. The monoisotopic (exact) mass is 456 g/mol. The zero-order chi connectivity index (χ0) is 22.0. The van der Waals surface area contributed by atoms with Crippen LogP contribution in [0.25, 0.3) is 32.6 Å². The van der Waals surface area contributed by atoms with Crippen LogP contribution < -0.4 is 4.72 Å². The molecule has 4 nitrogen and oxygen atoms in total. The van der Waals surface area contributed by atoms with Crippen LogP contribution >= 0.6 is 11.3 Å². The number of nitrogens with one attached hydrogen (secondary N) is 1. The molecule has 0 fully saturated rings. The van der Waals surface area contributed by atoms with Crippen molar-refractivity contribution < 1.29 is 8.42 Å². The summed E-state index contributed by atoms with van der Waals surface area (Å²) in [7, 11) is -3.60. The molecule has 0 aliphatic heterocycles. The first-order valence-electron chi connectivity index (χ1n) is 10.2. The fourth-order valence-electron chi connectivity index (χ4n) is 3.51. The maximum atomic E-state index is 12.8. The Morgan fingerprint density at radius 2 is 1.47 bits per heavy atom. The van der Waals surface area contributed by atoms with Crippen molar-refractivity contribution in [2.75, 3.05) is 0 Å². The standard InChI is InChI=1S/C26H20N2O2S2/c29-32(30,24-15-14-20-6-4-5-9-23(20)16-24)27-17-19-10-12-22(13-11-19)26-28-25(18-31-26)21-7-2-1-3-8-21/h1-16,18,27H,17H2. The van der Waals surface area contributed by atoms with Gasteiger partial charge in [0.05, 0.1) is 10.6 Å². The van der Waals surface area contributed by atoms with Gasteiger partial charge in [-0.25, -0.2) is 18.1 Å². The average molecular weight is 457 g/mol. The number of sulfonamides is 1. The highest BCUT2D eigenvalue weighted by atomic mass is 32.2. The number of hydrogen-bond acceptors (Lipinski definition) is 4.